The summed E-state index contributed by atoms with van der Waals surface area (Å²) in [5.41, 5.74) is 2.43. The van der Waals surface area contributed by atoms with Crippen molar-refractivity contribution in [2.75, 3.05) is 0 Å². The molecule has 0 bridgehead atoms. The normalized spacial score (nSPS) is 21.0. The lowest BCUT2D eigenvalue weighted by Crippen LogP contribution is -2.37. The number of carbonyl (C=O) groups is 2. The number of carboxylic acids is 1. The molecule has 0 spiro atoms. The van der Waals surface area contributed by atoms with E-state index in [-0.39, 0.29) is 29.3 Å². The second-order valence-electron chi connectivity index (χ2n) is 7.07. The zero-order valence-electron chi connectivity index (χ0n) is 15.0. The standard InChI is InChI=1S/C22H25NO3/c1-15(16-7-3-2-4-8-16)23-21(24)20-10-6-5-9-19(20)17-11-13-18(14-12-17)22(25)26/h2-4,7-8,11-15,19-20H,5-6,9-10H2,1H3,(H,23,24)(H,25,26)/t15-,19+,20-/m0/s1. The van der Waals surface area contributed by atoms with Crippen molar-refractivity contribution < 1.29 is 14.7 Å². The number of aromatic carboxylic acids is 1. The van der Waals surface area contributed by atoms with Crippen LogP contribution in [-0.4, -0.2) is 17.0 Å². The summed E-state index contributed by atoms with van der Waals surface area (Å²) >= 11 is 0. The van der Waals surface area contributed by atoms with E-state index in [1.54, 1.807) is 12.1 Å². The van der Waals surface area contributed by atoms with Crippen LogP contribution in [0.4, 0.5) is 0 Å². The van der Waals surface area contributed by atoms with Crippen molar-refractivity contribution in [3.05, 3.63) is 71.3 Å². The van der Waals surface area contributed by atoms with E-state index in [0.29, 0.717) is 0 Å². The van der Waals surface area contributed by atoms with Crippen molar-refractivity contribution in [3.63, 3.8) is 0 Å². The molecule has 1 amide bonds. The highest BCUT2D eigenvalue weighted by atomic mass is 16.4. The minimum atomic E-state index is -0.925. The number of benzene rings is 2. The smallest absolute Gasteiger partial charge is 0.335 e. The fourth-order valence-electron chi connectivity index (χ4n) is 3.86. The van der Waals surface area contributed by atoms with E-state index in [1.807, 2.05) is 49.4 Å². The van der Waals surface area contributed by atoms with E-state index in [1.165, 1.54) is 0 Å². The number of rotatable bonds is 5. The third-order valence-electron chi connectivity index (χ3n) is 5.35. The number of nitrogens with one attached hydrogen (secondary N) is 1. The molecule has 1 aliphatic rings. The van der Waals surface area contributed by atoms with Gasteiger partial charge in [0.2, 0.25) is 5.91 Å². The van der Waals surface area contributed by atoms with Crippen molar-refractivity contribution in [2.45, 2.75) is 44.6 Å². The highest BCUT2D eigenvalue weighted by Gasteiger charge is 2.32. The van der Waals surface area contributed by atoms with Gasteiger partial charge >= 0.3 is 5.97 Å². The maximum atomic E-state index is 12.9. The topological polar surface area (TPSA) is 66.4 Å². The summed E-state index contributed by atoms with van der Waals surface area (Å²) in [4.78, 5) is 24.0. The van der Waals surface area contributed by atoms with Gasteiger partial charge in [-0.3, -0.25) is 4.79 Å². The van der Waals surface area contributed by atoms with E-state index in [2.05, 4.69) is 5.32 Å². The van der Waals surface area contributed by atoms with Crippen LogP contribution < -0.4 is 5.32 Å². The largest absolute Gasteiger partial charge is 0.478 e. The molecule has 2 aromatic carbocycles. The molecule has 0 heterocycles. The fourth-order valence-corrected chi connectivity index (χ4v) is 3.86. The van der Waals surface area contributed by atoms with Crippen molar-refractivity contribution in [1.29, 1.82) is 0 Å². The molecule has 4 heteroatoms. The van der Waals surface area contributed by atoms with Crippen molar-refractivity contribution >= 4 is 11.9 Å². The predicted octanol–water partition coefficient (Wildman–Crippen LogP) is 4.54. The second kappa shape index (κ2) is 8.17. The molecule has 3 rings (SSSR count). The van der Waals surface area contributed by atoms with E-state index in [4.69, 9.17) is 5.11 Å². The van der Waals surface area contributed by atoms with Gasteiger partial charge in [-0.15, -0.1) is 0 Å². The van der Waals surface area contributed by atoms with E-state index in [9.17, 15) is 9.59 Å². The number of amides is 1. The van der Waals surface area contributed by atoms with Crippen LogP contribution in [0.25, 0.3) is 0 Å². The van der Waals surface area contributed by atoms with Crippen molar-refractivity contribution in [1.82, 2.24) is 5.32 Å². The zero-order chi connectivity index (χ0) is 18.5. The van der Waals surface area contributed by atoms with Gasteiger partial charge in [-0.05, 0) is 48.9 Å². The van der Waals surface area contributed by atoms with Crippen LogP contribution in [0.2, 0.25) is 0 Å². The van der Waals surface area contributed by atoms with Crippen LogP contribution >= 0.6 is 0 Å². The molecular weight excluding hydrogens is 326 g/mol. The summed E-state index contributed by atoms with van der Waals surface area (Å²) in [6, 6.07) is 16.9. The molecule has 0 aliphatic heterocycles. The third kappa shape index (κ3) is 4.13. The summed E-state index contributed by atoms with van der Waals surface area (Å²) in [5.74, 6) is -0.750. The zero-order valence-corrected chi connectivity index (χ0v) is 15.0. The van der Waals surface area contributed by atoms with Gasteiger partial charge in [-0.25, -0.2) is 4.79 Å². The summed E-state index contributed by atoms with van der Waals surface area (Å²) < 4.78 is 0. The first-order valence-electron chi connectivity index (χ1n) is 9.25. The summed E-state index contributed by atoms with van der Waals surface area (Å²) in [6.45, 7) is 2.01. The highest BCUT2D eigenvalue weighted by molar-refractivity contribution is 5.87. The van der Waals surface area contributed by atoms with Crippen molar-refractivity contribution in [2.24, 2.45) is 5.92 Å². The molecule has 136 valence electrons. The minimum absolute atomic E-state index is 0.0272. The molecule has 3 atom stereocenters. The Morgan fingerprint density at radius 2 is 1.65 bits per heavy atom. The number of hydrogen-bond acceptors (Lipinski definition) is 2. The van der Waals surface area contributed by atoms with Gasteiger partial charge in [-0.1, -0.05) is 55.3 Å². The number of hydrogen-bond donors (Lipinski definition) is 2. The van der Waals surface area contributed by atoms with Crippen molar-refractivity contribution in [3.8, 4) is 0 Å². The average Bonchev–Trinajstić information content (AvgIpc) is 2.68. The predicted molar refractivity (Wildman–Crippen MR) is 101 cm³/mol. The molecule has 0 unspecified atom stereocenters. The molecule has 26 heavy (non-hydrogen) atoms. The van der Waals surface area contributed by atoms with Crippen LogP contribution in [-0.2, 0) is 4.79 Å². The summed E-state index contributed by atoms with van der Waals surface area (Å²) in [7, 11) is 0. The Bertz CT molecular complexity index is 755. The number of carboxylic acid groups (broad SMARTS) is 1. The van der Waals surface area contributed by atoms with Gasteiger partial charge in [0.1, 0.15) is 0 Å². The summed E-state index contributed by atoms with van der Waals surface area (Å²) in [5, 5.41) is 12.2. The monoisotopic (exact) mass is 351 g/mol. The van der Waals surface area contributed by atoms with Gasteiger partial charge in [0, 0.05) is 5.92 Å². The fraction of sp³-hybridized carbons (Fsp3) is 0.364. The summed E-state index contributed by atoms with van der Waals surface area (Å²) in [6.07, 6.45) is 3.99. The van der Waals surface area contributed by atoms with Crippen LogP contribution in [0.1, 0.15) is 66.1 Å². The molecule has 1 fully saturated rings. The molecule has 1 saturated carbocycles. The van der Waals surface area contributed by atoms with Crippen LogP contribution in [0, 0.1) is 5.92 Å². The maximum absolute atomic E-state index is 12.9. The van der Waals surface area contributed by atoms with Gasteiger partial charge in [-0.2, -0.15) is 0 Å². The molecule has 0 aromatic heterocycles. The van der Waals surface area contributed by atoms with E-state index < -0.39 is 5.97 Å². The Kier molecular flexibility index (Phi) is 5.71. The van der Waals surface area contributed by atoms with Gasteiger partial charge in [0.25, 0.3) is 0 Å². The maximum Gasteiger partial charge on any atom is 0.335 e. The van der Waals surface area contributed by atoms with Crippen LogP contribution in [0.3, 0.4) is 0 Å². The lowest BCUT2D eigenvalue weighted by Gasteiger charge is -2.32. The average molecular weight is 351 g/mol. The third-order valence-corrected chi connectivity index (χ3v) is 5.35. The van der Waals surface area contributed by atoms with E-state index >= 15 is 0 Å². The Morgan fingerprint density at radius 1 is 1.00 bits per heavy atom. The Balaban J connectivity index is 1.73. The molecule has 2 N–H and O–H groups in total. The minimum Gasteiger partial charge on any atom is -0.478 e. The van der Waals surface area contributed by atoms with Gasteiger partial charge < -0.3 is 10.4 Å². The van der Waals surface area contributed by atoms with Crippen LogP contribution in [0.15, 0.2) is 54.6 Å². The Morgan fingerprint density at radius 3 is 2.31 bits per heavy atom. The lowest BCUT2D eigenvalue weighted by atomic mass is 9.75. The van der Waals surface area contributed by atoms with Gasteiger partial charge in [0.05, 0.1) is 11.6 Å². The highest BCUT2D eigenvalue weighted by Crippen LogP contribution is 2.38. The first kappa shape index (κ1) is 18.2. The molecular formula is C22H25NO3. The first-order chi connectivity index (χ1) is 12.6. The molecule has 0 radical (unpaired) electrons. The lowest BCUT2D eigenvalue weighted by molar-refractivity contribution is -0.127. The molecule has 1 aliphatic carbocycles. The van der Waals surface area contributed by atoms with Crippen LogP contribution in [0.5, 0.6) is 0 Å². The van der Waals surface area contributed by atoms with E-state index in [0.717, 1.165) is 36.8 Å². The first-order valence-corrected chi connectivity index (χ1v) is 9.25. The second-order valence-corrected chi connectivity index (χ2v) is 7.07. The molecule has 0 saturated heterocycles. The SMILES string of the molecule is C[C@H](NC(=O)[C@H]1CCCC[C@@H]1c1ccc(C(=O)O)cc1)c1ccccc1. The number of carbonyl (C=O) groups excluding carboxylic acids is 1. The molecule has 2 aromatic rings. The quantitative estimate of drug-likeness (QED) is 0.831. The van der Waals surface area contributed by atoms with Gasteiger partial charge in [0.15, 0.2) is 0 Å². The molecule has 4 nitrogen and oxygen atoms in total. The Labute approximate surface area is 154 Å². The Hall–Kier alpha value is -2.62.